The summed E-state index contributed by atoms with van der Waals surface area (Å²) in [4.78, 5) is 0. The molecular weight excluding hydrogens is 290 g/mol. The molecule has 0 saturated heterocycles. The molecular formula is C11H14ClF4NO2. The molecule has 0 bridgehead atoms. The molecule has 110 valence electrons. The van der Waals surface area contributed by atoms with Crippen LogP contribution in [0.2, 0.25) is 0 Å². The van der Waals surface area contributed by atoms with Gasteiger partial charge in [0, 0.05) is 6.42 Å². The summed E-state index contributed by atoms with van der Waals surface area (Å²) in [5.74, 6) is -0.805. The Balaban J connectivity index is 0.00000324. The first kappa shape index (κ1) is 17.9. The highest BCUT2D eigenvalue weighted by atomic mass is 35.5. The molecule has 0 aliphatic rings. The molecule has 0 radical (unpaired) electrons. The molecule has 0 heterocycles. The van der Waals surface area contributed by atoms with E-state index in [4.69, 9.17) is 5.73 Å². The number of hydrogen-bond donors (Lipinski definition) is 2. The zero-order chi connectivity index (χ0) is 13.9. The molecule has 0 spiro atoms. The summed E-state index contributed by atoms with van der Waals surface area (Å²) < 4.78 is 54.5. The molecule has 1 rings (SSSR count). The fourth-order valence-electron chi connectivity index (χ4n) is 1.40. The lowest BCUT2D eigenvalue weighted by Gasteiger charge is -2.19. The van der Waals surface area contributed by atoms with Gasteiger partial charge in [0.1, 0.15) is 6.04 Å². The second-order valence-electron chi connectivity index (χ2n) is 3.79. The van der Waals surface area contributed by atoms with Crippen LogP contribution in [0.15, 0.2) is 18.2 Å². The minimum absolute atomic E-state index is 0. The third-order valence-corrected chi connectivity index (χ3v) is 2.46. The first-order chi connectivity index (χ1) is 8.25. The summed E-state index contributed by atoms with van der Waals surface area (Å²) in [6, 6.07) is 1.28. The van der Waals surface area contributed by atoms with E-state index in [1.165, 1.54) is 19.2 Å². The second-order valence-corrected chi connectivity index (χ2v) is 3.79. The van der Waals surface area contributed by atoms with Crippen molar-refractivity contribution in [3.05, 3.63) is 29.6 Å². The van der Waals surface area contributed by atoms with Crippen molar-refractivity contribution in [3.63, 3.8) is 0 Å². The van der Waals surface area contributed by atoms with E-state index in [1.807, 2.05) is 0 Å². The maximum absolute atomic E-state index is 13.3. The molecule has 1 aromatic carbocycles. The van der Waals surface area contributed by atoms with Crippen LogP contribution in [0, 0.1) is 5.82 Å². The third-order valence-electron chi connectivity index (χ3n) is 2.46. The number of hydrogen-bond acceptors (Lipinski definition) is 3. The smallest absolute Gasteiger partial charge is 0.403 e. The summed E-state index contributed by atoms with van der Waals surface area (Å²) >= 11 is 0. The Hall–Kier alpha value is -1.05. The van der Waals surface area contributed by atoms with Gasteiger partial charge in [-0.2, -0.15) is 13.2 Å². The second kappa shape index (κ2) is 6.93. The van der Waals surface area contributed by atoms with Crippen LogP contribution >= 0.6 is 12.4 Å². The van der Waals surface area contributed by atoms with Gasteiger partial charge >= 0.3 is 6.18 Å². The number of rotatable bonds is 4. The quantitative estimate of drug-likeness (QED) is 0.841. The summed E-state index contributed by atoms with van der Waals surface area (Å²) in [6.45, 7) is 0. The van der Waals surface area contributed by atoms with E-state index in [-0.39, 0.29) is 23.7 Å². The van der Waals surface area contributed by atoms with Gasteiger partial charge in [-0.3, -0.25) is 0 Å². The third kappa shape index (κ3) is 4.85. The predicted molar refractivity (Wildman–Crippen MR) is 63.8 cm³/mol. The molecule has 0 fully saturated rings. The monoisotopic (exact) mass is 303 g/mol. The largest absolute Gasteiger partial charge is 0.494 e. The fourth-order valence-corrected chi connectivity index (χ4v) is 1.40. The zero-order valence-corrected chi connectivity index (χ0v) is 10.8. The lowest BCUT2D eigenvalue weighted by atomic mass is 10.0. The molecule has 3 nitrogen and oxygen atoms in total. The SMILES string of the molecule is COc1ccc([C@@H](O)C[C@H](N)C(F)(F)F)cc1F.Cl. The van der Waals surface area contributed by atoms with Gasteiger partial charge in [-0.1, -0.05) is 6.07 Å². The van der Waals surface area contributed by atoms with E-state index in [0.29, 0.717) is 0 Å². The number of aliphatic hydroxyl groups is 1. The average Bonchev–Trinajstić information content (AvgIpc) is 2.27. The normalized spacial score (nSPS) is 14.5. The molecule has 0 amide bonds. The lowest BCUT2D eigenvalue weighted by molar-refractivity contribution is -0.153. The van der Waals surface area contributed by atoms with Gasteiger partial charge < -0.3 is 15.6 Å². The standard InChI is InChI=1S/C11H13F4NO2.ClH/c1-18-9-3-2-6(4-7(9)12)8(17)5-10(16)11(13,14)15;/h2-4,8,10,17H,5,16H2,1H3;1H/t8-,10-;/m0./s1. The minimum atomic E-state index is -4.59. The first-order valence-corrected chi connectivity index (χ1v) is 5.09. The van der Waals surface area contributed by atoms with Crippen LogP contribution in [0.3, 0.4) is 0 Å². The highest BCUT2D eigenvalue weighted by Gasteiger charge is 2.38. The van der Waals surface area contributed by atoms with Gasteiger partial charge in [0.2, 0.25) is 0 Å². The van der Waals surface area contributed by atoms with Gasteiger partial charge in [0.15, 0.2) is 11.6 Å². The fraction of sp³-hybridized carbons (Fsp3) is 0.455. The van der Waals surface area contributed by atoms with E-state index in [0.717, 1.165) is 6.07 Å². The van der Waals surface area contributed by atoms with E-state index in [9.17, 15) is 22.7 Å². The van der Waals surface area contributed by atoms with Crippen molar-refractivity contribution in [1.82, 2.24) is 0 Å². The predicted octanol–water partition coefficient (Wildman–Crippen LogP) is 2.57. The number of alkyl halides is 3. The Morgan fingerprint density at radius 1 is 1.37 bits per heavy atom. The van der Waals surface area contributed by atoms with Gasteiger partial charge in [-0.15, -0.1) is 12.4 Å². The highest BCUT2D eigenvalue weighted by molar-refractivity contribution is 5.85. The number of methoxy groups -OCH3 is 1. The highest BCUT2D eigenvalue weighted by Crippen LogP contribution is 2.28. The van der Waals surface area contributed by atoms with E-state index < -0.39 is 30.6 Å². The number of ether oxygens (including phenoxy) is 1. The Morgan fingerprint density at radius 3 is 2.37 bits per heavy atom. The van der Waals surface area contributed by atoms with Crippen molar-refractivity contribution in [2.45, 2.75) is 24.7 Å². The molecule has 0 unspecified atom stereocenters. The Labute approximate surface area is 113 Å². The van der Waals surface area contributed by atoms with Crippen LogP contribution in [-0.4, -0.2) is 24.4 Å². The average molecular weight is 304 g/mol. The van der Waals surface area contributed by atoms with Crippen molar-refractivity contribution in [2.24, 2.45) is 5.73 Å². The lowest BCUT2D eigenvalue weighted by Crippen LogP contribution is -2.38. The Morgan fingerprint density at radius 2 is 1.95 bits per heavy atom. The number of nitrogens with two attached hydrogens (primary N) is 1. The number of benzene rings is 1. The maximum atomic E-state index is 13.3. The number of aliphatic hydroxyl groups excluding tert-OH is 1. The van der Waals surface area contributed by atoms with Crippen molar-refractivity contribution in [2.75, 3.05) is 7.11 Å². The maximum Gasteiger partial charge on any atom is 0.403 e. The molecule has 0 aliphatic heterocycles. The molecule has 3 N–H and O–H groups in total. The van der Waals surface area contributed by atoms with Crippen molar-refractivity contribution in [3.8, 4) is 5.75 Å². The molecule has 19 heavy (non-hydrogen) atoms. The number of halogens is 5. The van der Waals surface area contributed by atoms with Crippen LogP contribution in [-0.2, 0) is 0 Å². The van der Waals surface area contributed by atoms with Gasteiger partial charge in [0.25, 0.3) is 0 Å². The summed E-state index contributed by atoms with van der Waals surface area (Å²) in [6.07, 6.45) is -6.80. The Kier molecular flexibility index (Phi) is 6.54. The summed E-state index contributed by atoms with van der Waals surface area (Å²) in [5, 5.41) is 9.55. The van der Waals surface area contributed by atoms with Crippen molar-refractivity contribution >= 4 is 12.4 Å². The van der Waals surface area contributed by atoms with Gasteiger partial charge in [-0.05, 0) is 17.7 Å². The molecule has 0 saturated carbocycles. The van der Waals surface area contributed by atoms with Crippen LogP contribution in [0.4, 0.5) is 17.6 Å². The van der Waals surface area contributed by atoms with Crippen LogP contribution in [0.25, 0.3) is 0 Å². The molecule has 1 aromatic rings. The van der Waals surface area contributed by atoms with Crippen LogP contribution in [0.1, 0.15) is 18.1 Å². The first-order valence-electron chi connectivity index (χ1n) is 5.09. The molecule has 8 heteroatoms. The van der Waals surface area contributed by atoms with Gasteiger partial charge in [0.05, 0.1) is 13.2 Å². The van der Waals surface area contributed by atoms with E-state index in [2.05, 4.69) is 4.74 Å². The van der Waals surface area contributed by atoms with Crippen LogP contribution in [0.5, 0.6) is 5.75 Å². The minimum Gasteiger partial charge on any atom is -0.494 e. The summed E-state index contributed by atoms with van der Waals surface area (Å²) in [5.41, 5.74) is 4.90. The molecule has 2 atom stereocenters. The molecule has 0 aliphatic carbocycles. The topological polar surface area (TPSA) is 55.5 Å². The van der Waals surface area contributed by atoms with E-state index in [1.54, 1.807) is 0 Å². The van der Waals surface area contributed by atoms with Crippen molar-refractivity contribution < 1.29 is 27.4 Å². The molecule has 0 aromatic heterocycles. The van der Waals surface area contributed by atoms with Gasteiger partial charge in [-0.25, -0.2) is 4.39 Å². The Bertz CT molecular complexity index is 414. The van der Waals surface area contributed by atoms with Crippen LogP contribution < -0.4 is 10.5 Å². The van der Waals surface area contributed by atoms with Crippen molar-refractivity contribution in [1.29, 1.82) is 0 Å². The van der Waals surface area contributed by atoms with E-state index >= 15 is 0 Å². The summed E-state index contributed by atoms with van der Waals surface area (Å²) in [7, 11) is 1.26. The zero-order valence-electron chi connectivity index (χ0n) is 9.95.